The van der Waals surface area contributed by atoms with Crippen molar-refractivity contribution in [2.75, 3.05) is 39.4 Å². The smallest absolute Gasteiger partial charge is 0.239 e. The lowest BCUT2D eigenvalue weighted by atomic mass is 10.1. The molecule has 0 aromatic rings. The Morgan fingerprint density at radius 2 is 1.82 bits per heavy atom. The third kappa shape index (κ3) is 6.40. The summed E-state index contributed by atoms with van der Waals surface area (Å²) in [7, 11) is 0. The van der Waals surface area contributed by atoms with Gasteiger partial charge in [-0.2, -0.15) is 0 Å². The first-order valence-electron chi connectivity index (χ1n) is 7.57. The Balaban J connectivity index is 2.15. The number of morpholine rings is 1. The maximum atomic E-state index is 11.8. The van der Waals surface area contributed by atoms with Gasteiger partial charge in [-0.15, -0.1) is 0 Å². The van der Waals surface area contributed by atoms with Crippen molar-refractivity contribution in [1.29, 1.82) is 0 Å². The molecule has 0 spiro atoms. The van der Waals surface area contributed by atoms with E-state index in [0.29, 0.717) is 26.3 Å². The molecule has 0 aromatic heterocycles. The Hall–Kier alpha value is -1.67. The van der Waals surface area contributed by atoms with Gasteiger partial charge in [0.2, 0.25) is 17.7 Å². The standard InChI is InChI=1S/C14H26N4O4/c1-10(2)13(15)14(21)17-9-11(19)16-4-3-12(20)18-5-7-22-8-6-18/h10,13H,3-9,15H2,1-2H3,(H,16,19)(H,17,21)/t13-/m0/s1. The highest BCUT2D eigenvalue weighted by atomic mass is 16.5. The SMILES string of the molecule is CC(C)[C@H](N)C(=O)NCC(=O)NCCC(=O)N1CCOCC1. The van der Waals surface area contributed by atoms with Crippen LogP contribution in [0.15, 0.2) is 0 Å². The van der Waals surface area contributed by atoms with E-state index in [1.54, 1.807) is 4.90 Å². The van der Waals surface area contributed by atoms with Crippen LogP contribution in [0.5, 0.6) is 0 Å². The molecule has 0 aliphatic carbocycles. The van der Waals surface area contributed by atoms with Gasteiger partial charge in [-0.3, -0.25) is 14.4 Å². The third-order valence-corrected chi connectivity index (χ3v) is 3.47. The van der Waals surface area contributed by atoms with Gasteiger partial charge in [-0.1, -0.05) is 13.8 Å². The first-order chi connectivity index (χ1) is 10.4. The number of hydrogen-bond acceptors (Lipinski definition) is 5. The topological polar surface area (TPSA) is 114 Å². The van der Waals surface area contributed by atoms with E-state index in [0.717, 1.165) is 0 Å². The summed E-state index contributed by atoms with van der Waals surface area (Å²) in [6, 6.07) is -0.629. The van der Waals surface area contributed by atoms with Crippen LogP contribution < -0.4 is 16.4 Å². The third-order valence-electron chi connectivity index (χ3n) is 3.47. The van der Waals surface area contributed by atoms with Gasteiger partial charge in [0.1, 0.15) is 0 Å². The lowest BCUT2D eigenvalue weighted by Crippen LogP contribution is -2.47. The number of ether oxygens (including phenoxy) is 1. The molecule has 1 atom stereocenters. The molecule has 3 amide bonds. The summed E-state index contributed by atoms with van der Waals surface area (Å²) in [6.45, 7) is 6.08. The molecule has 4 N–H and O–H groups in total. The van der Waals surface area contributed by atoms with Crippen molar-refractivity contribution >= 4 is 17.7 Å². The zero-order chi connectivity index (χ0) is 16.5. The molecule has 1 aliphatic rings. The van der Waals surface area contributed by atoms with Crippen molar-refractivity contribution in [2.24, 2.45) is 11.7 Å². The molecule has 0 unspecified atom stereocenters. The largest absolute Gasteiger partial charge is 0.378 e. The van der Waals surface area contributed by atoms with Crippen LogP contribution in [0.1, 0.15) is 20.3 Å². The Labute approximate surface area is 130 Å². The second-order valence-corrected chi connectivity index (χ2v) is 5.58. The summed E-state index contributed by atoms with van der Waals surface area (Å²) in [5, 5.41) is 5.08. The van der Waals surface area contributed by atoms with Crippen molar-refractivity contribution in [3.05, 3.63) is 0 Å². The van der Waals surface area contributed by atoms with E-state index in [-0.39, 0.29) is 43.1 Å². The number of carbonyl (C=O) groups is 3. The second-order valence-electron chi connectivity index (χ2n) is 5.58. The summed E-state index contributed by atoms with van der Waals surface area (Å²) in [6.07, 6.45) is 0.241. The van der Waals surface area contributed by atoms with E-state index in [2.05, 4.69) is 10.6 Å². The average Bonchev–Trinajstić information content (AvgIpc) is 2.52. The minimum atomic E-state index is -0.629. The number of hydrogen-bond donors (Lipinski definition) is 3. The fraction of sp³-hybridized carbons (Fsp3) is 0.786. The van der Waals surface area contributed by atoms with Crippen LogP contribution in [-0.2, 0) is 19.1 Å². The lowest BCUT2D eigenvalue weighted by Gasteiger charge is -2.26. The van der Waals surface area contributed by atoms with Crippen LogP contribution in [0.25, 0.3) is 0 Å². The number of rotatable bonds is 7. The summed E-state index contributed by atoms with van der Waals surface area (Å²) >= 11 is 0. The monoisotopic (exact) mass is 314 g/mol. The Kier molecular flexibility index (Phi) is 7.83. The molecule has 1 heterocycles. The summed E-state index contributed by atoms with van der Waals surface area (Å²) in [4.78, 5) is 36.7. The summed E-state index contributed by atoms with van der Waals surface area (Å²) in [5.41, 5.74) is 5.66. The van der Waals surface area contributed by atoms with E-state index in [9.17, 15) is 14.4 Å². The molecule has 1 rings (SSSR count). The molecule has 1 fully saturated rings. The first-order valence-corrected chi connectivity index (χ1v) is 7.57. The molecular weight excluding hydrogens is 288 g/mol. The minimum absolute atomic E-state index is 0.00512. The van der Waals surface area contributed by atoms with E-state index in [1.165, 1.54) is 0 Å². The summed E-state index contributed by atoms with van der Waals surface area (Å²) < 4.78 is 5.17. The van der Waals surface area contributed by atoms with Gasteiger partial charge in [0.05, 0.1) is 25.8 Å². The zero-order valence-corrected chi connectivity index (χ0v) is 13.3. The number of nitrogens with two attached hydrogens (primary N) is 1. The molecule has 0 saturated carbocycles. The van der Waals surface area contributed by atoms with Gasteiger partial charge in [0, 0.05) is 26.1 Å². The quantitative estimate of drug-likeness (QED) is 0.526. The molecule has 8 heteroatoms. The highest BCUT2D eigenvalue weighted by molar-refractivity contribution is 5.87. The maximum Gasteiger partial charge on any atom is 0.239 e. The van der Waals surface area contributed by atoms with E-state index < -0.39 is 6.04 Å². The highest BCUT2D eigenvalue weighted by Crippen LogP contribution is 1.99. The molecule has 1 aliphatic heterocycles. The number of nitrogens with zero attached hydrogens (tertiary/aromatic N) is 1. The molecule has 22 heavy (non-hydrogen) atoms. The number of carbonyl (C=O) groups excluding carboxylic acids is 3. The van der Waals surface area contributed by atoms with Gasteiger partial charge >= 0.3 is 0 Å². The molecule has 0 radical (unpaired) electrons. The molecule has 1 saturated heterocycles. The van der Waals surface area contributed by atoms with Crippen LogP contribution in [0.4, 0.5) is 0 Å². The van der Waals surface area contributed by atoms with Gasteiger partial charge in [-0.05, 0) is 5.92 Å². The molecule has 8 nitrogen and oxygen atoms in total. The Bertz CT molecular complexity index is 394. The minimum Gasteiger partial charge on any atom is -0.378 e. The van der Waals surface area contributed by atoms with Crippen molar-refractivity contribution in [2.45, 2.75) is 26.3 Å². The fourth-order valence-electron chi connectivity index (χ4n) is 1.93. The van der Waals surface area contributed by atoms with E-state index in [4.69, 9.17) is 10.5 Å². The van der Waals surface area contributed by atoms with Gasteiger partial charge in [0.25, 0.3) is 0 Å². The maximum absolute atomic E-state index is 11.8. The van der Waals surface area contributed by atoms with E-state index in [1.807, 2.05) is 13.8 Å². The normalized spacial score (nSPS) is 16.3. The molecule has 126 valence electrons. The summed E-state index contributed by atoms with van der Waals surface area (Å²) in [5.74, 6) is -0.683. The zero-order valence-electron chi connectivity index (χ0n) is 13.3. The van der Waals surface area contributed by atoms with Crippen LogP contribution in [-0.4, -0.2) is 68.1 Å². The highest BCUT2D eigenvalue weighted by Gasteiger charge is 2.18. The Morgan fingerprint density at radius 1 is 1.18 bits per heavy atom. The fourth-order valence-corrected chi connectivity index (χ4v) is 1.93. The van der Waals surface area contributed by atoms with Gasteiger partial charge in [0.15, 0.2) is 0 Å². The van der Waals surface area contributed by atoms with Crippen molar-refractivity contribution in [1.82, 2.24) is 15.5 Å². The number of nitrogens with one attached hydrogen (secondary N) is 2. The predicted molar refractivity (Wildman–Crippen MR) is 80.8 cm³/mol. The van der Waals surface area contributed by atoms with Crippen LogP contribution >= 0.6 is 0 Å². The first kappa shape index (κ1) is 18.4. The molecule has 0 aromatic carbocycles. The second kappa shape index (κ2) is 9.37. The predicted octanol–water partition coefficient (Wildman–Crippen LogP) is -1.55. The Morgan fingerprint density at radius 3 is 2.41 bits per heavy atom. The van der Waals surface area contributed by atoms with Crippen LogP contribution in [0.3, 0.4) is 0 Å². The van der Waals surface area contributed by atoms with Crippen LogP contribution in [0, 0.1) is 5.92 Å². The van der Waals surface area contributed by atoms with Crippen molar-refractivity contribution < 1.29 is 19.1 Å². The van der Waals surface area contributed by atoms with Gasteiger partial charge < -0.3 is 26.0 Å². The van der Waals surface area contributed by atoms with Gasteiger partial charge in [-0.25, -0.2) is 0 Å². The molecular formula is C14H26N4O4. The number of amides is 3. The van der Waals surface area contributed by atoms with E-state index >= 15 is 0 Å². The average molecular weight is 314 g/mol. The van der Waals surface area contributed by atoms with Crippen molar-refractivity contribution in [3.8, 4) is 0 Å². The lowest BCUT2D eigenvalue weighted by molar-refractivity contribution is -0.135. The molecule has 0 bridgehead atoms. The van der Waals surface area contributed by atoms with Crippen molar-refractivity contribution in [3.63, 3.8) is 0 Å². The van der Waals surface area contributed by atoms with Crippen LogP contribution in [0.2, 0.25) is 0 Å².